The van der Waals surface area contributed by atoms with E-state index < -0.39 is 40.9 Å². The van der Waals surface area contributed by atoms with Crippen molar-refractivity contribution in [2.24, 2.45) is 0 Å². The molecule has 0 spiro atoms. The maximum Gasteiger partial charge on any atom is 0.207 e. The highest BCUT2D eigenvalue weighted by Gasteiger charge is 2.29. The zero-order valence-electron chi connectivity index (χ0n) is 11.2. The molecule has 0 bridgehead atoms. The molecule has 21 heavy (non-hydrogen) atoms. The zero-order chi connectivity index (χ0) is 15.6. The highest BCUT2D eigenvalue weighted by Crippen LogP contribution is 2.31. The maximum atomic E-state index is 13.5. The lowest BCUT2D eigenvalue weighted by atomic mass is 10.1. The maximum absolute atomic E-state index is 13.5. The van der Waals surface area contributed by atoms with Crippen LogP contribution in [0.4, 0.5) is 22.0 Å². The van der Waals surface area contributed by atoms with Crippen LogP contribution in [-0.2, 0) is 0 Å². The third-order valence-electron chi connectivity index (χ3n) is 3.17. The van der Waals surface area contributed by atoms with Gasteiger partial charge in [0.2, 0.25) is 29.1 Å². The number of nitrogens with zero attached hydrogens (tertiary/aromatic N) is 1. The number of hydrogen-bond donors (Lipinski definition) is 0. The van der Waals surface area contributed by atoms with Crippen molar-refractivity contribution < 1.29 is 26.7 Å². The predicted octanol–water partition coefficient (Wildman–Crippen LogP) is 3.21. The number of ether oxygens (including phenoxy) is 1. The van der Waals surface area contributed by atoms with Gasteiger partial charge in [-0.25, -0.2) is 13.2 Å². The molecule has 1 aromatic carbocycles. The summed E-state index contributed by atoms with van der Waals surface area (Å²) >= 11 is 0. The standard InChI is InChI=1S/C14H12F5NO/c1-2-5-20-6-3-8(4-7-20)21-14-12(18)10(16)9(15)11(17)13(14)19/h8H,3-4,6-7H2,1H3. The molecule has 1 aliphatic rings. The van der Waals surface area contributed by atoms with Gasteiger partial charge in [0, 0.05) is 32.0 Å². The van der Waals surface area contributed by atoms with Crippen LogP contribution in [0.25, 0.3) is 0 Å². The predicted molar refractivity (Wildman–Crippen MR) is 64.9 cm³/mol. The quantitative estimate of drug-likeness (QED) is 0.360. The summed E-state index contributed by atoms with van der Waals surface area (Å²) in [5.74, 6) is -8.58. The van der Waals surface area contributed by atoms with Gasteiger partial charge in [-0.2, -0.15) is 8.78 Å². The highest BCUT2D eigenvalue weighted by molar-refractivity contribution is 5.30. The summed E-state index contributed by atoms with van der Waals surface area (Å²) in [5, 5.41) is 0. The van der Waals surface area contributed by atoms with E-state index in [1.807, 2.05) is 0 Å². The summed E-state index contributed by atoms with van der Waals surface area (Å²) in [4.78, 5) is 1.80. The van der Waals surface area contributed by atoms with Gasteiger partial charge in [-0.05, 0) is 6.92 Å². The van der Waals surface area contributed by atoms with Gasteiger partial charge < -0.3 is 9.64 Å². The van der Waals surface area contributed by atoms with Gasteiger partial charge in [0.1, 0.15) is 6.10 Å². The number of rotatable bonds is 2. The van der Waals surface area contributed by atoms with Gasteiger partial charge in [-0.1, -0.05) is 5.92 Å². The van der Waals surface area contributed by atoms with E-state index in [0.717, 1.165) is 0 Å². The topological polar surface area (TPSA) is 12.5 Å². The minimum Gasteiger partial charge on any atom is -0.484 e. The average Bonchev–Trinajstić information content (AvgIpc) is 2.49. The van der Waals surface area contributed by atoms with Crippen LogP contribution in [-0.4, -0.2) is 24.1 Å². The van der Waals surface area contributed by atoms with E-state index in [1.165, 1.54) is 0 Å². The minimum atomic E-state index is -2.19. The zero-order valence-corrected chi connectivity index (χ0v) is 11.2. The minimum absolute atomic E-state index is 0.383. The Labute approximate surface area is 118 Å². The molecular formula is C14H12F5NO. The second-order valence-corrected chi connectivity index (χ2v) is 4.57. The summed E-state index contributed by atoms with van der Waals surface area (Å²) in [6.45, 7) is 2.68. The van der Waals surface area contributed by atoms with Gasteiger partial charge in [-0.3, -0.25) is 0 Å². The summed E-state index contributed by atoms with van der Waals surface area (Å²) in [5.41, 5.74) is 0. The Balaban J connectivity index is 2.16. The van der Waals surface area contributed by atoms with Gasteiger partial charge in [0.05, 0.1) is 0 Å². The third-order valence-corrected chi connectivity index (χ3v) is 3.17. The molecule has 0 radical (unpaired) electrons. The first-order valence-electron chi connectivity index (χ1n) is 6.31. The van der Waals surface area contributed by atoms with Crippen molar-refractivity contribution in [2.75, 3.05) is 13.1 Å². The smallest absolute Gasteiger partial charge is 0.207 e. The van der Waals surface area contributed by atoms with E-state index in [1.54, 1.807) is 11.8 Å². The third kappa shape index (κ3) is 3.04. The molecule has 0 aliphatic carbocycles. The molecule has 0 atom stereocenters. The van der Waals surface area contributed by atoms with Crippen molar-refractivity contribution in [3.63, 3.8) is 0 Å². The summed E-state index contributed by atoms with van der Waals surface area (Å²) in [6, 6.07) is 2.83. The Kier molecular flexibility index (Phi) is 4.56. The van der Waals surface area contributed by atoms with E-state index in [4.69, 9.17) is 4.74 Å². The van der Waals surface area contributed by atoms with Crippen LogP contribution in [0.5, 0.6) is 5.75 Å². The van der Waals surface area contributed by atoms with E-state index in [2.05, 4.69) is 12.0 Å². The van der Waals surface area contributed by atoms with E-state index in [9.17, 15) is 22.0 Å². The first-order chi connectivity index (χ1) is 9.95. The van der Waals surface area contributed by atoms with Gasteiger partial charge in [-0.15, -0.1) is 0 Å². The largest absolute Gasteiger partial charge is 0.484 e. The number of piperidine rings is 1. The van der Waals surface area contributed by atoms with Crippen LogP contribution in [0.15, 0.2) is 0 Å². The average molecular weight is 305 g/mol. The molecule has 1 saturated heterocycles. The van der Waals surface area contributed by atoms with Crippen LogP contribution in [0.1, 0.15) is 19.8 Å². The number of benzene rings is 1. The SMILES string of the molecule is CC#CN1CCC(Oc2c(F)c(F)c(F)c(F)c2F)CC1. The summed E-state index contributed by atoms with van der Waals surface area (Å²) in [7, 11) is 0. The Morgan fingerprint density at radius 1 is 0.905 bits per heavy atom. The van der Waals surface area contributed by atoms with E-state index in [-0.39, 0.29) is 0 Å². The molecule has 2 rings (SSSR count). The van der Waals surface area contributed by atoms with Crippen LogP contribution >= 0.6 is 0 Å². The van der Waals surface area contributed by atoms with Crippen molar-refractivity contribution >= 4 is 0 Å². The normalized spacial score (nSPS) is 15.6. The fourth-order valence-electron chi connectivity index (χ4n) is 2.10. The highest BCUT2D eigenvalue weighted by atomic mass is 19.2. The van der Waals surface area contributed by atoms with Crippen molar-refractivity contribution in [2.45, 2.75) is 25.9 Å². The second kappa shape index (κ2) is 6.20. The lowest BCUT2D eigenvalue weighted by Crippen LogP contribution is -2.36. The Morgan fingerprint density at radius 3 is 1.86 bits per heavy atom. The Bertz CT molecular complexity index is 571. The molecule has 0 amide bonds. The van der Waals surface area contributed by atoms with Crippen LogP contribution in [0, 0.1) is 41.1 Å². The molecule has 1 fully saturated rings. The number of likely N-dealkylation sites (tertiary alicyclic amines) is 1. The van der Waals surface area contributed by atoms with E-state index >= 15 is 0 Å². The van der Waals surface area contributed by atoms with Crippen LogP contribution in [0.2, 0.25) is 0 Å². The molecule has 1 heterocycles. The van der Waals surface area contributed by atoms with Crippen molar-refractivity contribution in [3.8, 4) is 17.7 Å². The molecule has 1 aromatic rings. The molecular weight excluding hydrogens is 293 g/mol. The molecule has 2 nitrogen and oxygen atoms in total. The molecule has 0 unspecified atom stereocenters. The van der Waals surface area contributed by atoms with Gasteiger partial charge in [0.25, 0.3) is 0 Å². The van der Waals surface area contributed by atoms with Gasteiger partial charge in [0.15, 0.2) is 5.75 Å². The molecule has 0 saturated carbocycles. The summed E-state index contributed by atoms with van der Waals surface area (Å²) in [6.07, 6.45) is 0.149. The molecule has 0 aromatic heterocycles. The van der Waals surface area contributed by atoms with Gasteiger partial charge >= 0.3 is 0 Å². The fourth-order valence-corrected chi connectivity index (χ4v) is 2.10. The molecule has 7 heteroatoms. The summed E-state index contributed by atoms with van der Waals surface area (Å²) < 4.78 is 71.0. The Hall–Kier alpha value is -1.97. The lowest BCUT2D eigenvalue weighted by molar-refractivity contribution is 0.114. The van der Waals surface area contributed by atoms with E-state index in [0.29, 0.717) is 25.9 Å². The second-order valence-electron chi connectivity index (χ2n) is 4.57. The molecule has 1 aliphatic heterocycles. The van der Waals surface area contributed by atoms with Crippen molar-refractivity contribution in [3.05, 3.63) is 29.1 Å². The first-order valence-corrected chi connectivity index (χ1v) is 6.31. The van der Waals surface area contributed by atoms with Crippen molar-refractivity contribution in [1.82, 2.24) is 4.90 Å². The fraction of sp³-hybridized carbons (Fsp3) is 0.429. The van der Waals surface area contributed by atoms with Crippen LogP contribution in [0.3, 0.4) is 0 Å². The molecule has 0 N–H and O–H groups in total. The monoisotopic (exact) mass is 305 g/mol. The van der Waals surface area contributed by atoms with Crippen LogP contribution < -0.4 is 4.74 Å². The Morgan fingerprint density at radius 2 is 1.38 bits per heavy atom. The molecule has 114 valence electrons. The number of hydrogen-bond acceptors (Lipinski definition) is 2. The first kappa shape index (κ1) is 15.4. The lowest BCUT2D eigenvalue weighted by Gasteiger charge is -2.29. The number of halogens is 5. The van der Waals surface area contributed by atoms with Crippen molar-refractivity contribution in [1.29, 1.82) is 0 Å².